The number of aryl methyl sites for hydroxylation is 2. The zero-order chi connectivity index (χ0) is 15.0. The number of carbonyl (C=O) groups is 1. The van der Waals surface area contributed by atoms with Crippen molar-refractivity contribution in [3.05, 3.63) is 47.4 Å². The molecule has 0 atom stereocenters. The minimum Gasteiger partial charge on any atom is -0.399 e. The van der Waals surface area contributed by atoms with Crippen LogP contribution in [0.3, 0.4) is 0 Å². The summed E-state index contributed by atoms with van der Waals surface area (Å²) in [4.78, 5) is 15.4. The maximum atomic E-state index is 12.3. The van der Waals surface area contributed by atoms with Crippen molar-refractivity contribution in [1.29, 1.82) is 0 Å². The fraction of sp³-hybridized carbons (Fsp3) is 0.200. The Morgan fingerprint density at radius 3 is 3.00 bits per heavy atom. The number of fused-ring (bicyclic) bond motifs is 1. The van der Waals surface area contributed by atoms with Crippen molar-refractivity contribution in [1.82, 2.24) is 20.1 Å². The highest BCUT2D eigenvalue weighted by atomic mass is 16.1. The molecule has 2 heterocycles. The molecule has 0 spiro atoms. The van der Waals surface area contributed by atoms with Crippen LogP contribution in [-0.4, -0.2) is 20.7 Å². The fourth-order valence-corrected chi connectivity index (χ4v) is 2.42. The molecule has 0 saturated carbocycles. The van der Waals surface area contributed by atoms with Crippen molar-refractivity contribution in [3.8, 4) is 0 Å². The Labute approximate surface area is 121 Å². The number of nitrogens with two attached hydrogens (primary N) is 1. The molecule has 108 valence electrons. The Bertz CT molecular complexity index is 815. The Morgan fingerprint density at radius 1 is 1.48 bits per heavy atom. The van der Waals surface area contributed by atoms with E-state index < -0.39 is 0 Å². The SMILES string of the molecule is Cc1nn(C)cc1CNC(=O)c1c[nH]c2cc(N)ccc12. The summed E-state index contributed by atoms with van der Waals surface area (Å²) >= 11 is 0. The normalized spacial score (nSPS) is 11.0. The van der Waals surface area contributed by atoms with Gasteiger partial charge in [0.25, 0.3) is 5.91 Å². The van der Waals surface area contributed by atoms with Crippen LogP contribution in [0.4, 0.5) is 5.69 Å². The summed E-state index contributed by atoms with van der Waals surface area (Å²) in [6.07, 6.45) is 3.61. The molecular formula is C15H17N5O. The second-order valence-electron chi connectivity index (χ2n) is 5.10. The van der Waals surface area contributed by atoms with Crippen molar-refractivity contribution < 1.29 is 4.79 Å². The molecule has 2 aromatic heterocycles. The van der Waals surface area contributed by atoms with Crippen LogP contribution in [0.5, 0.6) is 0 Å². The Hall–Kier alpha value is -2.76. The third-order valence-corrected chi connectivity index (χ3v) is 3.50. The van der Waals surface area contributed by atoms with Gasteiger partial charge in [0.05, 0.1) is 11.3 Å². The molecule has 4 N–H and O–H groups in total. The smallest absolute Gasteiger partial charge is 0.253 e. The first-order valence-corrected chi connectivity index (χ1v) is 6.68. The third-order valence-electron chi connectivity index (χ3n) is 3.50. The van der Waals surface area contributed by atoms with E-state index in [1.54, 1.807) is 16.9 Å². The van der Waals surface area contributed by atoms with Crippen molar-refractivity contribution >= 4 is 22.5 Å². The first kappa shape index (κ1) is 13.2. The topological polar surface area (TPSA) is 88.7 Å². The number of carbonyl (C=O) groups excluding carboxylic acids is 1. The number of aromatic amines is 1. The van der Waals surface area contributed by atoms with E-state index in [2.05, 4.69) is 15.4 Å². The molecule has 0 bridgehead atoms. The van der Waals surface area contributed by atoms with E-state index >= 15 is 0 Å². The van der Waals surface area contributed by atoms with Gasteiger partial charge in [0.1, 0.15) is 0 Å². The molecule has 0 aliphatic rings. The molecule has 21 heavy (non-hydrogen) atoms. The van der Waals surface area contributed by atoms with E-state index in [0.29, 0.717) is 17.8 Å². The lowest BCUT2D eigenvalue weighted by Crippen LogP contribution is -2.22. The molecule has 6 nitrogen and oxygen atoms in total. The van der Waals surface area contributed by atoms with Crippen LogP contribution in [0.25, 0.3) is 10.9 Å². The summed E-state index contributed by atoms with van der Waals surface area (Å²) < 4.78 is 1.74. The van der Waals surface area contributed by atoms with Crippen molar-refractivity contribution in [2.24, 2.45) is 7.05 Å². The lowest BCUT2D eigenvalue weighted by molar-refractivity contribution is 0.0952. The van der Waals surface area contributed by atoms with E-state index in [4.69, 9.17) is 5.73 Å². The van der Waals surface area contributed by atoms with Crippen LogP contribution in [0.2, 0.25) is 0 Å². The Morgan fingerprint density at radius 2 is 2.29 bits per heavy atom. The maximum absolute atomic E-state index is 12.3. The number of hydrogen-bond acceptors (Lipinski definition) is 3. The highest BCUT2D eigenvalue weighted by molar-refractivity contribution is 6.07. The fourth-order valence-electron chi connectivity index (χ4n) is 2.42. The van der Waals surface area contributed by atoms with Crippen molar-refractivity contribution in [3.63, 3.8) is 0 Å². The number of rotatable bonds is 3. The van der Waals surface area contributed by atoms with Gasteiger partial charge in [0.2, 0.25) is 0 Å². The molecular weight excluding hydrogens is 266 g/mol. The minimum absolute atomic E-state index is 0.116. The zero-order valence-electron chi connectivity index (χ0n) is 12.0. The number of H-pyrrole nitrogens is 1. The molecule has 1 aromatic carbocycles. The molecule has 0 saturated heterocycles. The Balaban J connectivity index is 1.79. The van der Waals surface area contributed by atoms with Gasteiger partial charge in [-0.1, -0.05) is 0 Å². The third kappa shape index (κ3) is 2.47. The average Bonchev–Trinajstić information content (AvgIpc) is 2.98. The summed E-state index contributed by atoms with van der Waals surface area (Å²) in [5, 5.41) is 8.04. The van der Waals surface area contributed by atoms with Crippen LogP contribution < -0.4 is 11.1 Å². The lowest BCUT2D eigenvalue weighted by Gasteiger charge is -2.03. The van der Waals surface area contributed by atoms with Crippen LogP contribution in [0, 0.1) is 6.92 Å². The number of nitrogen functional groups attached to an aromatic ring is 1. The molecule has 0 unspecified atom stereocenters. The minimum atomic E-state index is -0.116. The Kier molecular flexibility index (Phi) is 3.13. The standard InChI is InChI=1S/C15H17N5O/c1-9-10(8-20(2)19-9)6-18-15(21)13-7-17-14-5-11(16)3-4-12(13)14/h3-5,7-8,17H,6,16H2,1-2H3,(H,18,21). The number of benzene rings is 1. The number of aromatic nitrogens is 3. The van der Waals surface area contributed by atoms with E-state index in [9.17, 15) is 4.79 Å². The largest absolute Gasteiger partial charge is 0.399 e. The first-order chi connectivity index (χ1) is 10.0. The predicted molar refractivity (Wildman–Crippen MR) is 81.8 cm³/mol. The highest BCUT2D eigenvalue weighted by Gasteiger charge is 2.12. The van der Waals surface area contributed by atoms with Crippen molar-refractivity contribution in [2.75, 3.05) is 5.73 Å². The predicted octanol–water partition coefficient (Wildman–Crippen LogP) is 1.72. The summed E-state index contributed by atoms with van der Waals surface area (Å²) in [5.74, 6) is -0.116. The molecule has 3 aromatic rings. The average molecular weight is 283 g/mol. The van der Waals surface area contributed by atoms with E-state index in [1.807, 2.05) is 32.3 Å². The quantitative estimate of drug-likeness (QED) is 0.639. The number of amides is 1. The van der Waals surface area contributed by atoms with Gasteiger partial charge in [-0.3, -0.25) is 9.48 Å². The van der Waals surface area contributed by atoms with Crippen LogP contribution in [0.1, 0.15) is 21.6 Å². The summed E-state index contributed by atoms with van der Waals surface area (Å²) in [5.41, 5.74) is 9.81. The van der Waals surface area contributed by atoms with Gasteiger partial charge in [-0.2, -0.15) is 5.10 Å². The van der Waals surface area contributed by atoms with E-state index in [-0.39, 0.29) is 5.91 Å². The molecule has 3 rings (SSSR count). The lowest BCUT2D eigenvalue weighted by atomic mass is 10.1. The molecule has 0 radical (unpaired) electrons. The van der Waals surface area contributed by atoms with Gasteiger partial charge in [0.15, 0.2) is 0 Å². The molecule has 0 aliphatic carbocycles. The van der Waals surface area contributed by atoms with Gasteiger partial charge in [-0.15, -0.1) is 0 Å². The number of nitrogens with zero attached hydrogens (tertiary/aromatic N) is 2. The maximum Gasteiger partial charge on any atom is 0.253 e. The monoisotopic (exact) mass is 283 g/mol. The van der Waals surface area contributed by atoms with Crippen LogP contribution in [0.15, 0.2) is 30.6 Å². The van der Waals surface area contributed by atoms with Gasteiger partial charge in [-0.05, 0) is 25.1 Å². The zero-order valence-corrected chi connectivity index (χ0v) is 12.0. The van der Waals surface area contributed by atoms with Crippen LogP contribution in [-0.2, 0) is 13.6 Å². The highest BCUT2D eigenvalue weighted by Crippen LogP contribution is 2.20. The number of hydrogen-bond donors (Lipinski definition) is 3. The number of anilines is 1. The number of nitrogens with one attached hydrogen (secondary N) is 2. The van der Waals surface area contributed by atoms with Crippen molar-refractivity contribution in [2.45, 2.75) is 13.5 Å². The summed E-state index contributed by atoms with van der Waals surface area (Å²) in [7, 11) is 1.86. The van der Waals surface area contributed by atoms with Gasteiger partial charge in [0, 0.05) is 48.1 Å². The second kappa shape index (κ2) is 4.97. The van der Waals surface area contributed by atoms with E-state index in [0.717, 1.165) is 22.2 Å². The molecule has 1 amide bonds. The molecule has 6 heteroatoms. The molecule has 0 aliphatic heterocycles. The van der Waals surface area contributed by atoms with Gasteiger partial charge < -0.3 is 16.0 Å². The summed E-state index contributed by atoms with van der Waals surface area (Å²) in [6, 6.07) is 5.46. The summed E-state index contributed by atoms with van der Waals surface area (Å²) in [6.45, 7) is 2.39. The van der Waals surface area contributed by atoms with Crippen LogP contribution >= 0.6 is 0 Å². The van der Waals surface area contributed by atoms with Gasteiger partial charge in [-0.25, -0.2) is 0 Å². The van der Waals surface area contributed by atoms with E-state index in [1.165, 1.54) is 0 Å². The first-order valence-electron chi connectivity index (χ1n) is 6.68. The molecule has 0 fully saturated rings. The second-order valence-corrected chi connectivity index (χ2v) is 5.10. The van der Waals surface area contributed by atoms with Gasteiger partial charge >= 0.3 is 0 Å².